The van der Waals surface area contributed by atoms with Gasteiger partial charge in [-0.1, -0.05) is 36.0 Å². The van der Waals surface area contributed by atoms with E-state index in [2.05, 4.69) is 29.2 Å². The molecule has 0 radical (unpaired) electrons. The lowest BCUT2D eigenvalue weighted by Crippen LogP contribution is -2.27. The van der Waals surface area contributed by atoms with Crippen LogP contribution in [0.1, 0.15) is 11.1 Å². The maximum absolute atomic E-state index is 13.3. The Morgan fingerprint density at radius 1 is 0.800 bits per heavy atom. The van der Waals surface area contributed by atoms with Crippen molar-refractivity contribution in [2.75, 3.05) is 20.5 Å². The minimum atomic E-state index is -0.270. The summed E-state index contributed by atoms with van der Waals surface area (Å²) in [6.07, 6.45) is 2.00. The molecule has 0 aliphatic carbocycles. The van der Waals surface area contributed by atoms with Gasteiger partial charge in [-0.05, 0) is 65.9 Å². The zero-order valence-corrected chi connectivity index (χ0v) is 18.2. The van der Waals surface area contributed by atoms with Gasteiger partial charge in [0.2, 0.25) is 0 Å². The lowest BCUT2D eigenvalue weighted by Gasteiger charge is -2.25. The molecule has 0 saturated carbocycles. The van der Waals surface area contributed by atoms with E-state index in [9.17, 15) is 4.39 Å². The summed E-state index contributed by atoms with van der Waals surface area (Å²) in [5.74, 6) is 1.38. The van der Waals surface area contributed by atoms with E-state index >= 15 is 0 Å². The number of thioether (sulfide) groups is 1. The van der Waals surface area contributed by atoms with Crippen molar-refractivity contribution in [3.05, 3.63) is 89.7 Å². The predicted molar refractivity (Wildman–Crippen MR) is 122 cm³/mol. The summed E-state index contributed by atoms with van der Waals surface area (Å²) < 4.78 is 23.8. The molecule has 0 atom stereocenters. The van der Waals surface area contributed by atoms with E-state index in [0.29, 0.717) is 13.1 Å². The average Bonchev–Trinajstić information content (AvgIpc) is 2.79. The van der Waals surface area contributed by atoms with Crippen LogP contribution in [0, 0.1) is 5.82 Å². The van der Waals surface area contributed by atoms with Crippen molar-refractivity contribution in [1.29, 1.82) is 0 Å². The van der Waals surface area contributed by atoms with Gasteiger partial charge in [0.05, 0.1) is 19.9 Å². The van der Waals surface area contributed by atoms with Crippen molar-refractivity contribution < 1.29 is 13.9 Å². The number of benzene rings is 3. The van der Waals surface area contributed by atoms with Crippen molar-refractivity contribution in [2.45, 2.75) is 13.1 Å². The monoisotopic (exact) mass is 424 g/mol. The molecule has 4 nitrogen and oxygen atoms in total. The second kappa shape index (κ2) is 10.7. The van der Waals surface area contributed by atoms with E-state index in [0.717, 1.165) is 33.5 Å². The van der Waals surface area contributed by atoms with Crippen LogP contribution >= 0.6 is 11.8 Å². The molecule has 0 unspecified atom stereocenters. The lowest BCUT2D eigenvalue weighted by atomic mass is 10.1. The fourth-order valence-electron chi connectivity index (χ4n) is 2.97. The standard InChI is InChI=1S/C24H25FN2O2S/c1-28-22-12-4-18(5-13-22)16-27(17-19-6-14-23(29-2)15-7-19)24(30-3)26-21-10-8-20(25)9-11-21/h4-15H,16-17H2,1-3H3. The van der Waals surface area contributed by atoms with Gasteiger partial charge in [-0.3, -0.25) is 0 Å². The Morgan fingerprint density at radius 3 is 1.67 bits per heavy atom. The summed E-state index contributed by atoms with van der Waals surface area (Å²) in [5, 5.41) is 0.855. The fourth-order valence-corrected chi connectivity index (χ4v) is 3.55. The highest BCUT2D eigenvalue weighted by atomic mass is 32.2. The van der Waals surface area contributed by atoms with Gasteiger partial charge in [-0.15, -0.1) is 0 Å². The molecule has 0 aliphatic heterocycles. The molecule has 156 valence electrons. The molecule has 3 rings (SSSR count). The number of nitrogens with zero attached hydrogens (tertiary/aromatic N) is 2. The molecule has 0 bridgehead atoms. The van der Waals surface area contributed by atoms with E-state index < -0.39 is 0 Å². The van der Waals surface area contributed by atoms with Crippen LogP contribution in [0.15, 0.2) is 77.8 Å². The number of ether oxygens (including phenoxy) is 2. The fraction of sp³-hybridized carbons (Fsp3) is 0.208. The van der Waals surface area contributed by atoms with E-state index in [1.54, 1.807) is 38.1 Å². The topological polar surface area (TPSA) is 34.1 Å². The zero-order chi connectivity index (χ0) is 21.3. The molecule has 3 aromatic rings. The molecule has 0 spiro atoms. The summed E-state index contributed by atoms with van der Waals surface area (Å²) in [7, 11) is 3.32. The maximum Gasteiger partial charge on any atom is 0.164 e. The molecular weight excluding hydrogens is 399 g/mol. The summed E-state index contributed by atoms with van der Waals surface area (Å²) in [6, 6.07) is 22.2. The van der Waals surface area contributed by atoms with Gasteiger partial charge >= 0.3 is 0 Å². The normalized spacial score (nSPS) is 11.3. The molecule has 6 heteroatoms. The van der Waals surface area contributed by atoms with Gasteiger partial charge in [0.15, 0.2) is 5.17 Å². The van der Waals surface area contributed by atoms with Crippen molar-refractivity contribution >= 4 is 22.6 Å². The van der Waals surface area contributed by atoms with Crippen LogP contribution in [-0.4, -0.2) is 30.5 Å². The van der Waals surface area contributed by atoms with Crippen LogP contribution in [0.4, 0.5) is 10.1 Å². The Bertz CT molecular complexity index is 909. The van der Waals surface area contributed by atoms with Gasteiger partial charge < -0.3 is 14.4 Å². The number of hydrogen-bond acceptors (Lipinski definition) is 4. The van der Waals surface area contributed by atoms with Crippen LogP contribution in [0.2, 0.25) is 0 Å². The van der Waals surface area contributed by atoms with Crippen molar-refractivity contribution in [1.82, 2.24) is 4.90 Å². The second-order valence-corrected chi connectivity index (χ2v) is 7.40. The van der Waals surface area contributed by atoms with Gasteiger partial charge in [0.25, 0.3) is 0 Å². The van der Waals surface area contributed by atoms with Gasteiger partial charge in [0.1, 0.15) is 17.3 Å². The Kier molecular flexibility index (Phi) is 7.74. The zero-order valence-electron chi connectivity index (χ0n) is 17.3. The molecule has 3 aromatic carbocycles. The first-order valence-electron chi connectivity index (χ1n) is 9.50. The van der Waals surface area contributed by atoms with Crippen molar-refractivity contribution in [3.8, 4) is 11.5 Å². The molecule has 0 aliphatic rings. The van der Waals surface area contributed by atoms with Crippen molar-refractivity contribution in [2.24, 2.45) is 4.99 Å². The van der Waals surface area contributed by atoms with E-state index in [1.165, 1.54) is 12.1 Å². The minimum Gasteiger partial charge on any atom is -0.497 e. The largest absolute Gasteiger partial charge is 0.497 e. The van der Waals surface area contributed by atoms with Crippen LogP contribution < -0.4 is 9.47 Å². The summed E-state index contributed by atoms with van der Waals surface area (Å²) in [5.41, 5.74) is 3.01. The third-order valence-electron chi connectivity index (χ3n) is 4.57. The molecule has 0 amide bonds. The van der Waals surface area contributed by atoms with Gasteiger partial charge in [0, 0.05) is 13.1 Å². The molecule has 0 N–H and O–H groups in total. The van der Waals surface area contributed by atoms with Gasteiger partial charge in [-0.25, -0.2) is 9.38 Å². The quantitative estimate of drug-likeness (QED) is 0.350. The first kappa shape index (κ1) is 21.7. The molecule has 0 heterocycles. The smallest absolute Gasteiger partial charge is 0.164 e. The predicted octanol–water partition coefficient (Wildman–Crippen LogP) is 5.90. The Morgan fingerprint density at radius 2 is 1.27 bits per heavy atom. The van der Waals surface area contributed by atoms with Crippen LogP contribution in [0.5, 0.6) is 11.5 Å². The number of hydrogen-bond donors (Lipinski definition) is 0. The SMILES string of the molecule is COc1ccc(CN(Cc2ccc(OC)cc2)C(=Nc2ccc(F)cc2)SC)cc1. The number of amidine groups is 1. The number of rotatable bonds is 7. The first-order chi connectivity index (χ1) is 14.6. The Hall–Kier alpha value is -2.99. The third kappa shape index (κ3) is 6.00. The maximum atomic E-state index is 13.3. The minimum absolute atomic E-state index is 0.270. The van der Waals surface area contributed by atoms with Crippen LogP contribution in [0.25, 0.3) is 0 Å². The van der Waals surface area contributed by atoms with E-state index in [-0.39, 0.29) is 5.82 Å². The van der Waals surface area contributed by atoms with Gasteiger partial charge in [-0.2, -0.15) is 0 Å². The van der Waals surface area contributed by atoms with E-state index in [1.807, 2.05) is 30.5 Å². The highest BCUT2D eigenvalue weighted by Gasteiger charge is 2.13. The molecule has 30 heavy (non-hydrogen) atoms. The summed E-state index contributed by atoms with van der Waals surface area (Å²) >= 11 is 1.56. The molecule has 0 saturated heterocycles. The second-order valence-electron chi connectivity index (χ2n) is 6.63. The van der Waals surface area contributed by atoms with Crippen LogP contribution in [0.3, 0.4) is 0 Å². The van der Waals surface area contributed by atoms with Crippen molar-refractivity contribution in [3.63, 3.8) is 0 Å². The summed E-state index contributed by atoms with van der Waals surface area (Å²) in [4.78, 5) is 6.97. The number of methoxy groups -OCH3 is 2. The lowest BCUT2D eigenvalue weighted by molar-refractivity contribution is 0.405. The van der Waals surface area contributed by atoms with Crippen LogP contribution in [-0.2, 0) is 13.1 Å². The average molecular weight is 425 g/mol. The number of halogens is 1. The summed E-state index contributed by atoms with van der Waals surface area (Å²) in [6.45, 7) is 1.35. The van der Waals surface area contributed by atoms with E-state index in [4.69, 9.17) is 14.5 Å². The third-order valence-corrected chi connectivity index (χ3v) is 5.28. The number of aliphatic imine (C=N–C) groups is 1. The molecular formula is C24H25FN2O2S. The highest BCUT2D eigenvalue weighted by Crippen LogP contribution is 2.22. The Labute approximate surface area is 181 Å². The molecule has 0 fully saturated rings. The Balaban J connectivity index is 1.89. The first-order valence-corrected chi connectivity index (χ1v) is 10.7. The highest BCUT2D eigenvalue weighted by molar-refractivity contribution is 8.13. The molecule has 0 aromatic heterocycles.